The number of carbonyl (C=O) groups is 2. The molecule has 9 heteroatoms. The van der Waals surface area contributed by atoms with Gasteiger partial charge in [0.05, 0.1) is 34.3 Å². The lowest BCUT2D eigenvalue weighted by Gasteiger charge is -2.33. The molecular weight excluding hydrogens is 450 g/mol. The molecular formula is C25H37N5O3S. The second-order valence-corrected chi connectivity index (χ2v) is 11.3. The summed E-state index contributed by atoms with van der Waals surface area (Å²) in [7, 11) is 3.90. The summed E-state index contributed by atoms with van der Waals surface area (Å²) >= 11 is 1.60. The van der Waals surface area contributed by atoms with E-state index in [-0.39, 0.29) is 30.8 Å². The van der Waals surface area contributed by atoms with Crippen molar-refractivity contribution in [3.05, 3.63) is 41.0 Å². The number of nitrogens with one attached hydrogen (secondary N) is 1. The summed E-state index contributed by atoms with van der Waals surface area (Å²) in [6.45, 7) is 8.37. The average molecular weight is 488 g/mol. The van der Waals surface area contributed by atoms with Crippen LogP contribution in [0.25, 0.3) is 10.4 Å². The van der Waals surface area contributed by atoms with Crippen LogP contribution in [0, 0.1) is 12.3 Å². The number of rotatable bonds is 7. The molecule has 2 heterocycles. The molecule has 0 radical (unpaired) electrons. The van der Waals surface area contributed by atoms with E-state index < -0.39 is 23.6 Å². The summed E-state index contributed by atoms with van der Waals surface area (Å²) in [5.41, 5.74) is 10.6. The minimum Gasteiger partial charge on any atom is -0.391 e. The third-order valence-corrected chi connectivity index (χ3v) is 7.23. The van der Waals surface area contributed by atoms with Gasteiger partial charge < -0.3 is 26.0 Å². The van der Waals surface area contributed by atoms with Gasteiger partial charge in [-0.3, -0.25) is 9.59 Å². The van der Waals surface area contributed by atoms with Crippen molar-refractivity contribution in [3.63, 3.8) is 0 Å². The van der Waals surface area contributed by atoms with E-state index in [1.807, 2.05) is 76.5 Å². The fourth-order valence-electron chi connectivity index (χ4n) is 4.17. The number of hydrogen-bond donors (Lipinski definition) is 3. The number of thiazole rings is 1. The third kappa shape index (κ3) is 6.02. The van der Waals surface area contributed by atoms with Gasteiger partial charge in [-0.2, -0.15) is 0 Å². The van der Waals surface area contributed by atoms with Gasteiger partial charge in [-0.15, -0.1) is 11.3 Å². The molecule has 0 aliphatic carbocycles. The number of carbonyl (C=O) groups excluding carboxylic acids is 2. The normalized spacial score (nSPS) is 20.4. The molecule has 0 unspecified atom stereocenters. The van der Waals surface area contributed by atoms with Crippen molar-refractivity contribution < 1.29 is 14.7 Å². The Hall–Kier alpha value is -2.33. The van der Waals surface area contributed by atoms with E-state index in [0.29, 0.717) is 6.54 Å². The lowest BCUT2D eigenvalue weighted by atomic mass is 9.86. The molecule has 4 N–H and O–H groups in total. The van der Waals surface area contributed by atoms with Gasteiger partial charge in [-0.25, -0.2) is 4.98 Å². The van der Waals surface area contributed by atoms with E-state index >= 15 is 0 Å². The predicted molar refractivity (Wildman–Crippen MR) is 135 cm³/mol. The summed E-state index contributed by atoms with van der Waals surface area (Å²) in [6.07, 6.45) is -0.548. The number of aromatic nitrogens is 1. The molecule has 1 aromatic carbocycles. The van der Waals surface area contributed by atoms with Crippen LogP contribution in [0.15, 0.2) is 29.8 Å². The first kappa shape index (κ1) is 26.3. The number of β-amino-alcohol motifs (C(OH)–C–C–N with tert-alkyl or cyclic N) is 1. The molecule has 0 bridgehead atoms. The molecule has 1 aromatic heterocycles. The zero-order valence-electron chi connectivity index (χ0n) is 20.9. The molecule has 2 amide bonds. The largest absolute Gasteiger partial charge is 0.391 e. The Balaban J connectivity index is 1.79. The molecule has 3 rings (SSSR count). The molecule has 1 aliphatic heterocycles. The topological polar surface area (TPSA) is 112 Å². The average Bonchev–Trinajstić information content (AvgIpc) is 3.36. The SMILES string of the molecule is Cc1ncsc1-c1ccc([C@H](CN(C)C)NC(=O)[C@@H]2C[C@H](O)CN2C(=O)[C@@H](N)C(C)(C)C)cc1. The van der Waals surface area contributed by atoms with E-state index in [9.17, 15) is 14.7 Å². The quantitative estimate of drug-likeness (QED) is 0.552. The number of amides is 2. The van der Waals surface area contributed by atoms with Gasteiger partial charge >= 0.3 is 0 Å². The highest BCUT2D eigenvalue weighted by Crippen LogP contribution is 2.29. The molecule has 0 spiro atoms. The lowest BCUT2D eigenvalue weighted by molar-refractivity contribution is -0.141. The number of likely N-dealkylation sites (N-methyl/N-ethyl adjacent to an activating group) is 1. The molecule has 1 aliphatic rings. The van der Waals surface area contributed by atoms with Crippen LogP contribution < -0.4 is 11.1 Å². The van der Waals surface area contributed by atoms with Crippen LogP contribution in [-0.4, -0.2) is 77.1 Å². The van der Waals surface area contributed by atoms with Gasteiger partial charge in [0.15, 0.2) is 0 Å². The van der Waals surface area contributed by atoms with Gasteiger partial charge in [0.2, 0.25) is 11.8 Å². The number of benzene rings is 1. The number of aliphatic hydroxyl groups is 1. The summed E-state index contributed by atoms with van der Waals surface area (Å²) in [5, 5.41) is 13.4. The van der Waals surface area contributed by atoms with E-state index in [0.717, 1.165) is 21.7 Å². The molecule has 186 valence electrons. The molecule has 0 saturated carbocycles. The predicted octanol–water partition coefficient (Wildman–Crippen LogP) is 2.17. The zero-order valence-corrected chi connectivity index (χ0v) is 21.7. The Morgan fingerprint density at radius 2 is 1.94 bits per heavy atom. The van der Waals surface area contributed by atoms with Crippen LogP contribution in [0.2, 0.25) is 0 Å². The van der Waals surface area contributed by atoms with Crippen molar-refractivity contribution in [1.82, 2.24) is 20.1 Å². The van der Waals surface area contributed by atoms with E-state index in [1.54, 1.807) is 11.3 Å². The molecule has 1 saturated heterocycles. The van der Waals surface area contributed by atoms with E-state index in [2.05, 4.69) is 10.3 Å². The Labute approximate surface area is 206 Å². The summed E-state index contributed by atoms with van der Waals surface area (Å²) in [4.78, 5) is 35.3. The molecule has 1 fully saturated rings. The molecule has 34 heavy (non-hydrogen) atoms. The number of nitrogens with zero attached hydrogens (tertiary/aromatic N) is 3. The van der Waals surface area contributed by atoms with E-state index in [1.165, 1.54) is 4.90 Å². The van der Waals surface area contributed by atoms with Crippen LogP contribution >= 0.6 is 11.3 Å². The van der Waals surface area contributed by atoms with Gasteiger partial charge in [-0.1, -0.05) is 45.0 Å². The molecule has 8 nitrogen and oxygen atoms in total. The third-order valence-electron chi connectivity index (χ3n) is 6.25. The highest BCUT2D eigenvalue weighted by molar-refractivity contribution is 7.13. The van der Waals surface area contributed by atoms with Crippen molar-refractivity contribution in [2.45, 2.75) is 58.3 Å². The number of aryl methyl sites for hydroxylation is 1. The first-order chi connectivity index (χ1) is 15.9. The van der Waals surface area contributed by atoms with E-state index in [4.69, 9.17) is 5.73 Å². The maximum atomic E-state index is 13.4. The Bertz CT molecular complexity index is 999. The smallest absolute Gasteiger partial charge is 0.243 e. The standard InChI is InChI=1S/C25H37N5O3S/c1-15-21(34-14-27-15)17-9-7-16(8-10-17)19(13-29(5)6)28-23(32)20-11-18(31)12-30(20)24(33)22(26)25(2,3)4/h7-10,14,18-20,22,31H,11-13,26H2,1-6H3,(H,28,32)/t18-,19-,20-,22+/m0/s1. The van der Waals surface area contributed by atoms with Gasteiger partial charge in [0.1, 0.15) is 6.04 Å². The number of nitrogens with two attached hydrogens (primary N) is 1. The Morgan fingerprint density at radius 3 is 2.47 bits per heavy atom. The second-order valence-electron chi connectivity index (χ2n) is 10.5. The van der Waals surface area contributed by atoms with Gasteiger partial charge in [-0.05, 0) is 37.6 Å². The zero-order chi connectivity index (χ0) is 25.2. The minimum atomic E-state index is -0.756. The van der Waals surface area contributed by atoms with Crippen LogP contribution in [-0.2, 0) is 9.59 Å². The maximum absolute atomic E-state index is 13.4. The number of hydrogen-bond acceptors (Lipinski definition) is 7. The van der Waals surface area contributed by atoms with Crippen LogP contribution in [0.5, 0.6) is 0 Å². The van der Waals surface area contributed by atoms with Crippen LogP contribution in [0.3, 0.4) is 0 Å². The van der Waals surface area contributed by atoms with Crippen LogP contribution in [0.1, 0.15) is 44.5 Å². The molecule has 4 atom stereocenters. The fraction of sp³-hybridized carbons (Fsp3) is 0.560. The minimum absolute atomic E-state index is 0.113. The van der Waals surface area contributed by atoms with Crippen molar-refractivity contribution in [3.8, 4) is 10.4 Å². The summed E-state index contributed by atoms with van der Waals surface area (Å²) in [5.74, 6) is -0.585. The lowest BCUT2D eigenvalue weighted by Crippen LogP contribution is -2.55. The van der Waals surface area contributed by atoms with Gasteiger partial charge in [0.25, 0.3) is 0 Å². The second kappa shape index (κ2) is 10.5. The summed E-state index contributed by atoms with van der Waals surface area (Å²) in [6, 6.07) is 6.35. The Morgan fingerprint density at radius 1 is 1.29 bits per heavy atom. The van der Waals surface area contributed by atoms with Crippen molar-refractivity contribution in [2.24, 2.45) is 11.1 Å². The number of likely N-dealkylation sites (tertiary alicyclic amines) is 1. The highest BCUT2D eigenvalue weighted by Gasteiger charge is 2.43. The van der Waals surface area contributed by atoms with Crippen LogP contribution in [0.4, 0.5) is 0 Å². The molecule has 2 aromatic rings. The highest BCUT2D eigenvalue weighted by atomic mass is 32.1. The van der Waals surface area contributed by atoms with Crippen molar-refractivity contribution in [1.29, 1.82) is 0 Å². The summed E-state index contributed by atoms with van der Waals surface area (Å²) < 4.78 is 0. The first-order valence-corrected chi connectivity index (χ1v) is 12.5. The van der Waals surface area contributed by atoms with Crippen molar-refractivity contribution >= 4 is 23.2 Å². The first-order valence-electron chi connectivity index (χ1n) is 11.6. The monoisotopic (exact) mass is 487 g/mol. The number of aliphatic hydroxyl groups excluding tert-OH is 1. The van der Waals surface area contributed by atoms with Crippen molar-refractivity contribution in [2.75, 3.05) is 27.2 Å². The maximum Gasteiger partial charge on any atom is 0.243 e. The fourth-order valence-corrected chi connectivity index (χ4v) is 4.98. The van der Waals surface area contributed by atoms with Gasteiger partial charge in [0, 0.05) is 19.5 Å². The Kier molecular flexibility index (Phi) is 8.13.